The van der Waals surface area contributed by atoms with E-state index in [0.29, 0.717) is 0 Å². The van der Waals surface area contributed by atoms with E-state index >= 15 is 0 Å². The van der Waals surface area contributed by atoms with Crippen LogP contribution in [-0.2, 0) is 0 Å². The van der Waals surface area contributed by atoms with Gasteiger partial charge in [-0.1, -0.05) is 45.4 Å². The molecule has 2 heteroatoms. The fraction of sp³-hybridized carbons (Fsp3) is 1.00. The molecule has 0 aromatic heterocycles. The van der Waals surface area contributed by atoms with E-state index in [1.165, 1.54) is 70.9 Å². The van der Waals surface area contributed by atoms with Crippen molar-refractivity contribution in [1.29, 1.82) is 0 Å². The maximum absolute atomic E-state index is 2.51. The lowest BCUT2D eigenvalue weighted by Gasteiger charge is -2.29. The molecule has 1 fully saturated rings. The zero-order valence-corrected chi connectivity index (χ0v) is 13.5. The third-order valence-electron chi connectivity index (χ3n) is 3.69. The molecule has 1 saturated heterocycles. The lowest BCUT2D eigenvalue weighted by Crippen LogP contribution is -2.31. The first-order chi connectivity index (χ1) is 7.33. The van der Waals surface area contributed by atoms with Crippen LogP contribution in [0.2, 0.25) is 0 Å². The number of likely N-dealkylation sites (tertiary alicyclic amines) is 1. The first kappa shape index (κ1) is 16.7. The Bertz CT molecular complexity index is 150. The van der Waals surface area contributed by atoms with Gasteiger partial charge >= 0.3 is 0 Å². The molecule has 0 aromatic rings. The van der Waals surface area contributed by atoms with Crippen LogP contribution in [0.15, 0.2) is 0 Å². The summed E-state index contributed by atoms with van der Waals surface area (Å²) in [5.41, 5.74) is 0. The zero-order valence-electron chi connectivity index (χ0n) is 11.2. The highest BCUT2D eigenvalue weighted by Gasteiger charge is 2.15. The molecule has 0 aromatic carbocycles. The molecule has 0 bridgehead atoms. The molecule has 1 atom stereocenters. The van der Waals surface area contributed by atoms with Crippen LogP contribution in [-0.4, -0.2) is 25.0 Å². The standard InChI is InChI=1S/C14H29N.HI/c1-3-4-5-6-7-8-10-14-11-9-12-15(2)13-14;/h14H,3-13H2,1-2H3;1H. The first-order valence-electron chi connectivity index (χ1n) is 7.01. The maximum atomic E-state index is 2.51. The minimum atomic E-state index is 0. The van der Waals surface area contributed by atoms with Crippen molar-refractivity contribution in [2.45, 2.75) is 64.7 Å². The van der Waals surface area contributed by atoms with Crippen molar-refractivity contribution in [1.82, 2.24) is 4.90 Å². The predicted molar refractivity (Wildman–Crippen MR) is 83.6 cm³/mol. The molecular formula is C14H30IN. The van der Waals surface area contributed by atoms with Crippen molar-refractivity contribution >= 4 is 24.0 Å². The largest absolute Gasteiger partial charge is 0.306 e. The van der Waals surface area contributed by atoms with Gasteiger partial charge in [-0.25, -0.2) is 0 Å². The van der Waals surface area contributed by atoms with E-state index in [1.807, 2.05) is 0 Å². The highest BCUT2D eigenvalue weighted by molar-refractivity contribution is 14.0. The second-order valence-electron chi connectivity index (χ2n) is 5.33. The highest BCUT2D eigenvalue weighted by atomic mass is 127. The molecular weight excluding hydrogens is 309 g/mol. The van der Waals surface area contributed by atoms with Gasteiger partial charge in [-0.2, -0.15) is 0 Å². The summed E-state index contributed by atoms with van der Waals surface area (Å²) >= 11 is 0. The van der Waals surface area contributed by atoms with E-state index in [1.54, 1.807) is 0 Å². The Morgan fingerprint density at radius 1 is 1.06 bits per heavy atom. The summed E-state index contributed by atoms with van der Waals surface area (Å²) in [7, 11) is 2.27. The number of piperidine rings is 1. The van der Waals surface area contributed by atoms with Gasteiger partial charge in [0.15, 0.2) is 0 Å². The second kappa shape index (κ2) is 10.8. The molecule has 0 spiro atoms. The van der Waals surface area contributed by atoms with Gasteiger partial charge in [-0.15, -0.1) is 24.0 Å². The monoisotopic (exact) mass is 339 g/mol. The summed E-state index contributed by atoms with van der Waals surface area (Å²) in [5, 5.41) is 0. The van der Waals surface area contributed by atoms with Gasteiger partial charge in [0.05, 0.1) is 0 Å². The van der Waals surface area contributed by atoms with Crippen molar-refractivity contribution in [2.24, 2.45) is 5.92 Å². The third-order valence-corrected chi connectivity index (χ3v) is 3.69. The number of halogens is 1. The Kier molecular flexibility index (Phi) is 11.3. The topological polar surface area (TPSA) is 3.24 Å². The van der Waals surface area contributed by atoms with Gasteiger partial charge in [0, 0.05) is 6.54 Å². The Morgan fingerprint density at radius 2 is 1.75 bits per heavy atom. The molecule has 0 radical (unpaired) electrons. The lowest BCUT2D eigenvalue weighted by atomic mass is 9.92. The van der Waals surface area contributed by atoms with Crippen LogP contribution in [0.3, 0.4) is 0 Å². The van der Waals surface area contributed by atoms with Crippen LogP contribution in [0.1, 0.15) is 64.7 Å². The Balaban J connectivity index is 0.00000225. The molecule has 0 aliphatic carbocycles. The van der Waals surface area contributed by atoms with Crippen molar-refractivity contribution < 1.29 is 0 Å². The molecule has 1 aliphatic heterocycles. The molecule has 1 heterocycles. The van der Waals surface area contributed by atoms with E-state index in [2.05, 4.69) is 18.9 Å². The van der Waals surface area contributed by atoms with E-state index in [4.69, 9.17) is 0 Å². The number of unbranched alkanes of at least 4 members (excludes halogenated alkanes) is 5. The fourth-order valence-corrected chi connectivity index (χ4v) is 2.72. The normalized spacial score (nSPS) is 21.8. The van der Waals surface area contributed by atoms with Crippen LogP contribution in [0.5, 0.6) is 0 Å². The average Bonchev–Trinajstić information content (AvgIpc) is 2.23. The van der Waals surface area contributed by atoms with Crippen molar-refractivity contribution in [2.75, 3.05) is 20.1 Å². The summed E-state index contributed by atoms with van der Waals surface area (Å²) in [6, 6.07) is 0. The smallest absolute Gasteiger partial charge is 0.000661 e. The minimum absolute atomic E-state index is 0. The quantitative estimate of drug-likeness (QED) is 0.480. The van der Waals surface area contributed by atoms with Crippen LogP contribution < -0.4 is 0 Å². The Morgan fingerprint density at radius 3 is 2.44 bits per heavy atom. The number of hydrogen-bond donors (Lipinski definition) is 0. The summed E-state index contributed by atoms with van der Waals surface area (Å²) in [5.74, 6) is 1.01. The second-order valence-corrected chi connectivity index (χ2v) is 5.33. The van der Waals surface area contributed by atoms with Gasteiger partial charge < -0.3 is 4.90 Å². The Hall–Kier alpha value is 0.690. The molecule has 98 valence electrons. The summed E-state index contributed by atoms with van der Waals surface area (Å²) in [6.45, 7) is 4.97. The van der Waals surface area contributed by atoms with Crippen LogP contribution in [0, 0.1) is 5.92 Å². The first-order valence-corrected chi connectivity index (χ1v) is 7.01. The van der Waals surface area contributed by atoms with E-state index in [9.17, 15) is 0 Å². The predicted octanol–water partition coefficient (Wildman–Crippen LogP) is 4.70. The molecule has 0 N–H and O–H groups in total. The van der Waals surface area contributed by atoms with Gasteiger partial charge in [-0.05, 0) is 38.8 Å². The van der Waals surface area contributed by atoms with Crippen molar-refractivity contribution in [3.05, 3.63) is 0 Å². The molecule has 0 saturated carbocycles. The van der Waals surface area contributed by atoms with Crippen LogP contribution in [0.25, 0.3) is 0 Å². The van der Waals surface area contributed by atoms with Crippen LogP contribution in [0.4, 0.5) is 0 Å². The van der Waals surface area contributed by atoms with E-state index in [-0.39, 0.29) is 24.0 Å². The SMILES string of the molecule is CCCCCCCCC1CCCN(C)C1.I. The molecule has 0 amide bonds. The van der Waals surface area contributed by atoms with Crippen molar-refractivity contribution in [3.8, 4) is 0 Å². The summed E-state index contributed by atoms with van der Waals surface area (Å²) < 4.78 is 0. The molecule has 16 heavy (non-hydrogen) atoms. The average molecular weight is 339 g/mol. The van der Waals surface area contributed by atoms with Crippen LogP contribution >= 0.6 is 24.0 Å². The lowest BCUT2D eigenvalue weighted by molar-refractivity contribution is 0.199. The summed E-state index contributed by atoms with van der Waals surface area (Å²) in [6.07, 6.45) is 13.1. The molecule has 1 nitrogen and oxygen atoms in total. The summed E-state index contributed by atoms with van der Waals surface area (Å²) in [4.78, 5) is 2.51. The molecule has 1 unspecified atom stereocenters. The van der Waals surface area contributed by atoms with E-state index < -0.39 is 0 Å². The maximum Gasteiger partial charge on any atom is 0.000661 e. The number of nitrogens with zero attached hydrogens (tertiary/aromatic N) is 1. The van der Waals surface area contributed by atoms with Gasteiger partial charge in [0.2, 0.25) is 0 Å². The zero-order chi connectivity index (χ0) is 10.9. The van der Waals surface area contributed by atoms with Gasteiger partial charge in [0.25, 0.3) is 0 Å². The highest BCUT2D eigenvalue weighted by Crippen LogP contribution is 2.21. The van der Waals surface area contributed by atoms with Crippen molar-refractivity contribution in [3.63, 3.8) is 0 Å². The number of hydrogen-bond acceptors (Lipinski definition) is 1. The number of rotatable bonds is 7. The molecule has 1 rings (SSSR count). The van der Waals surface area contributed by atoms with Gasteiger partial charge in [-0.3, -0.25) is 0 Å². The minimum Gasteiger partial charge on any atom is -0.306 e. The fourth-order valence-electron chi connectivity index (χ4n) is 2.72. The Labute approximate surface area is 119 Å². The third kappa shape index (κ3) is 7.88. The molecule has 1 aliphatic rings. The van der Waals surface area contributed by atoms with E-state index in [0.717, 1.165) is 5.92 Å². The van der Waals surface area contributed by atoms with Gasteiger partial charge in [0.1, 0.15) is 0 Å².